The maximum atomic E-state index is 14.6. The molecule has 0 bridgehead atoms. The summed E-state index contributed by atoms with van der Waals surface area (Å²) in [6.45, 7) is 2.64. The van der Waals surface area contributed by atoms with Crippen LogP contribution < -0.4 is 4.74 Å². The summed E-state index contributed by atoms with van der Waals surface area (Å²) in [6.07, 6.45) is 3.48. The second-order valence-electron chi connectivity index (χ2n) is 7.85. The van der Waals surface area contributed by atoms with Crippen LogP contribution in [0.3, 0.4) is 0 Å². The van der Waals surface area contributed by atoms with E-state index < -0.39 is 23.3 Å². The Morgan fingerprint density at radius 2 is 1.50 bits per heavy atom. The summed E-state index contributed by atoms with van der Waals surface area (Å²) < 4.78 is 61.5. The lowest BCUT2D eigenvalue weighted by atomic mass is 10.0. The molecule has 172 valence electrons. The van der Waals surface area contributed by atoms with Crippen molar-refractivity contribution in [1.29, 1.82) is 0 Å². The zero-order chi connectivity index (χ0) is 24.1. The predicted octanol–water partition coefficient (Wildman–Crippen LogP) is 6.77. The SMILES string of the molecule is CCCOc1ccc(CCc2cc(F)c(C#Cc3ccc4cc(F)c(F)cc4c3)c(F)c2)nc1. The third kappa shape index (κ3) is 5.55. The Morgan fingerprint density at radius 1 is 0.765 bits per heavy atom. The standard InChI is InChI=1S/C28H21F4NO/c1-2-11-34-23-9-8-22(33-17-23)7-4-19-13-25(29)24(26(30)14-19)10-5-18-3-6-20-15-27(31)28(32)16-21(20)12-18/h3,6,8-9,12-17H,2,4,7,11H2,1H3. The Balaban J connectivity index is 1.47. The first kappa shape index (κ1) is 23.3. The molecule has 4 rings (SSSR count). The highest BCUT2D eigenvalue weighted by Crippen LogP contribution is 2.21. The fraction of sp³-hybridized carbons (Fsp3) is 0.179. The van der Waals surface area contributed by atoms with Gasteiger partial charge in [0.05, 0.1) is 18.4 Å². The molecule has 3 aromatic carbocycles. The van der Waals surface area contributed by atoms with Gasteiger partial charge < -0.3 is 4.74 Å². The van der Waals surface area contributed by atoms with E-state index in [1.165, 1.54) is 12.1 Å². The monoisotopic (exact) mass is 463 g/mol. The first-order valence-electron chi connectivity index (χ1n) is 10.9. The molecule has 6 heteroatoms. The first-order chi connectivity index (χ1) is 16.4. The molecule has 0 atom stereocenters. The molecule has 2 nitrogen and oxygen atoms in total. The Bertz CT molecular complexity index is 1360. The molecule has 0 unspecified atom stereocenters. The van der Waals surface area contributed by atoms with Crippen molar-refractivity contribution in [2.75, 3.05) is 6.61 Å². The Morgan fingerprint density at radius 3 is 2.18 bits per heavy atom. The topological polar surface area (TPSA) is 22.1 Å². The number of rotatable bonds is 6. The van der Waals surface area contributed by atoms with Crippen molar-refractivity contribution in [3.8, 4) is 17.6 Å². The van der Waals surface area contributed by atoms with E-state index in [1.54, 1.807) is 24.4 Å². The highest BCUT2D eigenvalue weighted by Gasteiger charge is 2.10. The Kier molecular flexibility index (Phi) is 7.12. The molecular weight excluding hydrogens is 442 g/mol. The van der Waals surface area contributed by atoms with Crippen LogP contribution in [-0.2, 0) is 12.8 Å². The average molecular weight is 463 g/mol. The van der Waals surface area contributed by atoms with Gasteiger partial charge in [-0.2, -0.15) is 0 Å². The van der Waals surface area contributed by atoms with Gasteiger partial charge in [0.15, 0.2) is 11.6 Å². The van der Waals surface area contributed by atoms with Crippen molar-refractivity contribution in [2.45, 2.75) is 26.2 Å². The van der Waals surface area contributed by atoms with E-state index in [9.17, 15) is 17.6 Å². The molecular formula is C28H21F4NO. The van der Waals surface area contributed by atoms with Crippen molar-refractivity contribution in [2.24, 2.45) is 0 Å². The van der Waals surface area contributed by atoms with Gasteiger partial charge in [-0.25, -0.2) is 17.6 Å². The molecule has 0 spiro atoms. The Hall–Kier alpha value is -3.85. The summed E-state index contributed by atoms with van der Waals surface area (Å²) in [5.41, 5.74) is 1.38. The molecule has 0 aliphatic carbocycles. The molecule has 0 aliphatic rings. The largest absolute Gasteiger partial charge is 0.492 e. The third-order valence-corrected chi connectivity index (χ3v) is 5.25. The molecule has 1 aromatic heterocycles. The van der Waals surface area contributed by atoms with Gasteiger partial charge in [-0.1, -0.05) is 24.8 Å². The smallest absolute Gasteiger partial charge is 0.159 e. The lowest BCUT2D eigenvalue weighted by Crippen LogP contribution is -2.00. The molecule has 0 saturated heterocycles. The fourth-order valence-electron chi connectivity index (χ4n) is 3.48. The number of halogens is 4. The van der Waals surface area contributed by atoms with Gasteiger partial charge in [0.25, 0.3) is 0 Å². The van der Waals surface area contributed by atoms with Crippen molar-refractivity contribution < 1.29 is 22.3 Å². The van der Waals surface area contributed by atoms with Crippen molar-refractivity contribution in [3.63, 3.8) is 0 Å². The Labute approximate surface area is 195 Å². The van der Waals surface area contributed by atoms with E-state index >= 15 is 0 Å². The minimum absolute atomic E-state index is 0.343. The van der Waals surface area contributed by atoms with E-state index in [-0.39, 0.29) is 5.56 Å². The van der Waals surface area contributed by atoms with Gasteiger partial charge in [-0.05, 0) is 84.1 Å². The number of pyridine rings is 1. The van der Waals surface area contributed by atoms with Crippen molar-refractivity contribution in [3.05, 3.63) is 106 Å². The number of ether oxygens (including phenoxy) is 1. The number of fused-ring (bicyclic) bond motifs is 1. The normalized spacial score (nSPS) is 10.7. The van der Waals surface area contributed by atoms with Crippen LogP contribution in [0.5, 0.6) is 5.75 Å². The molecule has 1 heterocycles. The summed E-state index contributed by atoms with van der Waals surface area (Å²) in [4.78, 5) is 4.32. The van der Waals surface area contributed by atoms with E-state index in [0.29, 0.717) is 47.1 Å². The highest BCUT2D eigenvalue weighted by molar-refractivity contribution is 5.84. The van der Waals surface area contributed by atoms with Crippen LogP contribution >= 0.6 is 0 Å². The number of hydrogen-bond acceptors (Lipinski definition) is 2. The van der Waals surface area contributed by atoms with E-state index in [2.05, 4.69) is 16.8 Å². The molecule has 0 N–H and O–H groups in total. The van der Waals surface area contributed by atoms with Gasteiger partial charge in [-0.3, -0.25) is 4.98 Å². The van der Waals surface area contributed by atoms with Gasteiger partial charge in [-0.15, -0.1) is 0 Å². The number of benzene rings is 3. The van der Waals surface area contributed by atoms with Crippen LogP contribution in [0.25, 0.3) is 10.8 Å². The first-order valence-corrected chi connectivity index (χ1v) is 10.9. The van der Waals surface area contributed by atoms with Crippen LogP contribution in [0.4, 0.5) is 17.6 Å². The molecule has 34 heavy (non-hydrogen) atoms. The zero-order valence-corrected chi connectivity index (χ0v) is 18.5. The molecule has 0 amide bonds. The number of aromatic nitrogens is 1. The molecule has 0 saturated carbocycles. The van der Waals surface area contributed by atoms with Crippen LogP contribution in [0.15, 0.2) is 60.8 Å². The maximum absolute atomic E-state index is 14.6. The van der Waals surface area contributed by atoms with Crippen LogP contribution in [0, 0.1) is 35.1 Å². The summed E-state index contributed by atoms with van der Waals surface area (Å²) in [5.74, 6) is 2.48. The third-order valence-electron chi connectivity index (χ3n) is 5.25. The van der Waals surface area contributed by atoms with Crippen molar-refractivity contribution >= 4 is 10.8 Å². The number of aryl methyl sites for hydroxylation is 2. The minimum Gasteiger partial charge on any atom is -0.492 e. The van der Waals surface area contributed by atoms with E-state index in [4.69, 9.17) is 4.74 Å². The second-order valence-corrected chi connectivity index (χ2v) is 7.85. The second kappa shape index (κ2) is 10.4. The lowest BCUT2D eigenvalue weighted by Gasteiger charge is -2.06. The number of hydrogen-bond donors (Lipinski definition) is 0. The van der Waals surface area contributed by atoms with E-state index in [0.717, 1.165) is 24.2 Å². The highest BCUT2D eigenvalue weighted by atomic mass is 19.2. The van der Waals surface area contributed by atoms with Gasteiger partial charge in [0, 0.05) is 11.3 Å². The minimum atomic E-state index is -0.971. The fourth-order valence-corrected chi connectivity index (χ4v) is 3.48. The van der Waals surface area contributed by atoms with Gasteiger partial charge >= 0.3 is 0 Å². The lowest BCUT2D eigenvalue weighted by molar-refractivity contribution is 0.316. The van der Waals surface area contributed by atoms with Crippen LogP contribution in [0.1, 0.15) is 35.7 Å². The summed E-state index contributed by atoms with van der Waals surface area (Å²) in [5, 5.41) is 0.948. The summed E-state index contributed by atoms with van der Waals surface area (Å²) >= 11 is 0. The summed E-state index contributed by atoms with van der Waals surface area (Å²) in [7, 11) is 0. The average Bonchev–Trinajstić information content (AvgIpc) is 2.82. The quantitative estimate of drug-likeness (QED) is 0.233. The molecule has 0 radical (unpaired) electrons. The van der Waals surface area contributed by atoms with Crippen molar-refractivity contribution in [1.82, 2.24) is 4.98 Å². The van der Waals surface area contributed by atoms with Gasteiger partial charge in [0.2, 0.25) is 0 Å². The molecule has 4 aromatic rings. The van der Waals surface area contributed by atoms with Crippen LogP contribution in [-0.4, -0.2) is 11.6 Å². The van der Waals surface area contributed by atoms with Gasteiger partial charge in [0.1, 0.15) is 17.4 Å². The summed E-state index contributed by atoms with van der Waals surface area (Å²) in [6, 6.07) is 13.1. The maximum Gasteiger partial charge on any atom is 0.159 e. The van der Waals surface area contributed by atoms with Crippen LogP contribution in [0.2, 0.25) is 0 Å². The van der Waals surface area contributed by atoms with E-state index in [1.807, 2.05) is 19.1 Å². The molecule has 0 aliphatic heterocycles. The number of nitrogens with zero attached hydrogens (tertiary/aromatic N) is 1. The zero-order valence-electron chi connectivity index (χ0n) is 18.5. The predicted molar refractivity (Wildman–Crippen MR) is 124 cm³/mol. The molecule has 0 fully saturated rings.